The van der Waals surface area contributed by atoms with Gasteiger partial charge in [-0.05, 0) is 69.8 Å². The monoisotopic (exact) mass is 507 g/mol. The molecule has 1 aromatic heterocycles. The van der Waals surface area contributed by atoms with Crippen molar-refractivity contribution in [2.24, 2.45) is 0 Å². The number of hydrogen-bond donors (Lipinski definition) is 2. The maximum atomic E-state index is 15.1. The van der Waals surface area contributed by atoms with E-state index in [2.05, 4.69) is 10.5 Å². The number of anilines is 1. The molecule has 3 aromatic rings. The number of halogens is 1. The van der Waals surface area contributed by atoms with E-state index in [1.807, 2.05) is 38.1 Å². The fourth-order valence-electron chi connectivity index (χ4n) is 5.60. The number of rotatable bonds is 6. The number of nitrogens with zero attached hydrogens (tertiary/aromatic N) is 2. The van der Waals surface area contributed by atoms with Crippen LogP contribution in [0.2, 0.25) is 0 Å². The predicted octanol–water partition coefficient (Wildman–Crippen LogP) is 4.20. The van der Waals surface area contributed by atoms with Crippen LogP contribution in [0, 0.1) is 5.82 Å². The first kappa shape index (κ1) is 25.0. The van der Waals surface area contributed by atoms with E-state index in [4.69, 9.17) is 9.26 Å². The predicted molar refractivity (Wildman–Crippen MR) is 134 cm³/mol. The van der Waals surface area contributed by atoms with Gasteiger partial charge in [-0.15, -0.1) is 0 Å². The zero-order chi connectivity index (χ0) is 26.3. The number of aromatic nitrogens is 1. The molecular weight excluding hydrogens is 477 g/mol. The molecular formula is C28H30FN3O5. The van der Waals surface area contributed by atoms with Gasteiger partial charge in [0.15, 0.2) is 0 Å². The van der Waals surface area contributed by atoms with Gasteiger partial charge in [-0.3, -0.25) is 9.59 Å². The number of aryl methyl sites for hydroxylation is 1. The van der Waals surface area contributed by atoms with E-state index >= 15 is 4.39 Å². The van der Waals surface area contributed by atoms with E-state index < -0.39 is 11.9 Å². The molecule has 8 nitrogen and oxygen atoms in total. The molecule has 2 amide bonds. The average molecular weight is 508 g/mol. The molecule has 0 radical (unpaired) electrons. The minimum absolute atomic E-state index is 0.156. The molecule has 2 heterocycles. The number of carbonyl (C=O) groups excluding carboxylic acids is 2. The number of nitrogens with one attached hydrogen (secondary N) is 1. The largest absolute Gasteiger partial charge is 0.491 e. The van der Waals surface area contributed by atoms with E-state index in [-0.39, 0.29) is 35.2 Å². The molecule has 1 atom stereocenters. The maximum absolute atomic E-state index is 15.1. The Kier molecular flexibility index (Phi) is 6.49. The summed E-state index contributed by atoms with van der Waals surface area (Å²) in [6, 6.07) is 9.26. The van der Waals surface area contributed by atoms with Crippen molar-refractivity contribution in [1.29, 1.82) is 0 Å². The van der Waals surface area contributed by atoms with Crippen LogP contribution in [-0.4, -0.2) is 40.6 Å². The van der Waals surface area contributed by atoms with Crippen molar-refractivity contribution >= 4 is 17.5 Å². The first-order valence-corrected chi connectivity index (χ1v) is 12.3. The van der Waals surface area contributed by atoms with Crippen LogP contribution in [0.25, 0.3) is 0 Å². The average Bonchev–Trinajstić information content (AvgIpc) is 3.39. The minimum Gasteiger partial charge on any atom is -0.491 e. The second kappa shape index (κ2) is 9.63. The number of benzene rings is 2. The van der Waals surface area contributed by atoms with Crippen LogP contribution in [0.3, 0.4) is 0 Å². The van der Waals surface area contributed by atoms with E-state index in [1.54, 1.807) is 7.11 Å². The third-order valence-electron chi connectivity index (χ3n) is 7.32. The van der Waals surface area contributed by atoms with Crippen molar-refractivity contribution in [1.82, 2.24) is 10.1 Å². The van der Waals surface area contributed by atoms with E-state index in [0.29, 0.717) is 36.4 Å². The van der Waals surface area contributed by atoms with Gasteiger partial charge in [0.25, 0.3) is 11.8 Å². The molecule has 0 saturated heterocycles. The number of methoxy groups -OCH3 is 1. The number of hydrogen-bond acceptors (Lipinski definition) is 6. The molecule has 2 aliphatic rings. The number of carbonyl (C=O) groups is 2. The molecule has 0 spiro atoms. The van der Waals surface area contributed by atoms with Crippen molar-refractivity contribution in [2.75, 3.05) is 19.0 Å². The fourth-order valence-corrected chi connectivity index (χ4v) is 5.60. The summed E-state index contributed by atoms with van der Waals surface area (Å²) in [5.74, 6) is -1.21. The zero-order valence-corrected chi connectivity index (χ0v) is 21.1. The SMILES string of the molecule is COCc1ccc2c(c1)CCN(C(=O)Cc1cc(O)no1)[C@H]2C(=O)Nc1cc(F)c2c(c1)CCC2(C)C. The van der Waals surface area contributed by atoms with Crippen molar-refractivity contribution in [3.63, 3.8) is 0 Å². The Labute approximate surface area is 214 Å². The highest BCUT2D eigenvalue weighted by Gasteiger charge is 2.37. The number of ether oxygens (including phenoxy) is 1. The molecule has 0 unspecified atom stereocenters. The summed E-state index contributed by atoms with van der Waals surface area (Å²) < 4.78 is 25.3. The quantitative estimate of drug-likeness (QED) is 0.518. The Hall–Kier alpha value is -3.72. The molecule has 2 N–H and O–H groups in total. The Morgan fingerprint density at radius 1 is 1.22 bits per heavy atom. The lowest BCUT2D eigenvalue weighted by Crippen LogP contribution is -2.46. The maximum Gasteiger partial charge on any atom is 0.251 e. The third kappa shape index (κ3) is 4.83. The van der Waals surface area contributed by atoms with Crippen molar-refractivity contribution in [3.8, 4) is 5.88 Å². The Bertz CT molecular complexity index is 1370. The van der Waals surface area contributed by atoms with Crippen LogP contribution >= 0.6 is 0 Å². The summed E-state index contributed by atoms with van der Waals surface area (Å²) in [7, 11) is 1.62. The highest BCUT2D eigenvalue weighted by molar-refractivity contribution is 5.98. The lowest BCUT2D eigenvalue weighted by Gasteiger charge is -2.36. The van der Waals surface area contributed by atoms with Crippen LogP contribution in [0.15, 0.2) is 40.9 Å². The minimum atomic E-state index is -0.919. The fraction of sp³-hybridized carbons (Fsp3) is 0.393. The summed E-state index contributed by atoms with van der Waals surface area (Å²) in [4.78, 5) is 28.5. The second-order valence-corrected chi connectivity index (χ2v) is 10.4. The molecule has 1 aliphatic carbocycles. The van der Waals surface area contributed by atoms with Gasteiger partial charge >= 0.3 is 0 Å². The van der Waals surface area contributed by atoms with Gasteiger partial charge < -0.3 is 24.6 Å². The lowest BCUT2D eigenvalue weighted by atomic mass is 9.86. The molecule has 1 aliphatic heterocycles. The van der Waals surface area contributed by atoms with Crippen LogP contribution in [-0.2, 0) is 45.6 Å². The summed E-state index contributed by atoms with van der Waals surface area (Å²) in [5.41, 5.74) is 4.36. The van der Waals surface area contributed by atoms with Gasteiger partial charge in [0, 0.05) is 25.4 Å². The standard InChI is InChI=1S/C28H30FN3O5/c1-28(2)8-6-18-11-19(12-22(29)25(18)28)30-27(35)26-21-5-4-16(15-36-3)10-17(21)7-9-32(26)24(34)14-20-13-23(33)31-37-20/h4-5,10-13,26H,6-9,14-15H2,1-3H3,(H,30,35)(H,31,33)/t26-/m1/s1. The van der Waals surface area contributed by atoms with E-state index in [0.717, 1.165) is 29.5 Å². The van der Waals surface area contributed by atoms with Gasteiger partial charge in [0.2, 0.25) is 5.91 Å². The Morgan fingerprint density at radius 2 is 2.03 bits per heavy atom. The molecule has 0 bridgehead atoms. The van der Waals surface area contributed by atoms with Crippen LogP contribution in [0.1, 0.15) is 59.9 Å². The summed E-state index contributed by atoms with van der Waals surface area (Å²) in [5, 5.41) is 15.8. The second-order valence-electron chi connectivity index (χ2n) is 10.4. The van der Waals surface area contributed by atoms with Crippen LogP contribution < -0.4 is 5.32 Å². The molecule has 194 valence electrons. The zero-order valence-electron chi connectivity index (χ0n) is 21.1. The molecule has 9 heteroatoms. The molecule has 2 aromatic carbocycles. The van der Waals surface area contributed by atoms with Crippen molar-refractivity contribution < 1.29 is 28.3 Å². The topological polar surface area (TPSA) is 105 Å². The molecule has 0 saturated carbocycles. The Balaban J connectivity index is 1.46. The number of aromatic hydroxyl groups is 1. The van der Waals surface area contributed by atoms with E-state index in [1.165, 1.54) is 17.0 Å². The highest BCUT2D eigenvalue weighted by Crippen LogP contribution is 2.41. The summed E-state index contributed by atoms with van der Waals surface area (Å²) >= 11 is 0. The summed E-state index contributed by atoms with van der Waals surface area (Å²) in [6.07, 6.45) is 1.99. The molecule has 0 fully saturated rings. The van der Waals surface area contributed by atoms with Crippen LogP contribution in [0.4, 0.5) is 10.1 Å². The molecule has 5 rings (SSSR count). The van der Waals surface area contributed by atoms with Gasteiger partial charge in [-0.1, -0.05) is 32.0 Å². The number of amides is 2. The highest BCUT2D eigenvalue weighted by atomic mass is 19.1. The first-order chi connectivity index (χ1) is 17.7. The van der Waals surface area contributed by atoms with Crippen molar-refractivity contribution in [2.45, 2.75) is 57.6 Å². The molecule has 37 heavy (non-hydrogen) atoms. The smallest absolute Gasteiger partial charge is 0.251 e. The van der Waals surface area contributed by atoms with Gasteiger partial charge in [0.1, 0.15) is 17.6 Å². The van der Waals surface area contributed by atoms with Crippen LogP contribution in [0.5, 0.6) is 5.88 Å². The van der Waals surface area contributed by atoms with E-state index in [9.17, 15) is 14.7 Å². The normalized spacial score (nSPS) is 17.8. The summed E-state index contributed by atoms with van der Waals surface area (Å²) in [6.45, 7) is 4.79. The third-order valence-corrected chi connectivity index (χ3v) is 7.32. The van der Waals surface area contributed by atoms with Gasteiger partial charge in [-0.25, -0.2) is 4.39 Å². The van der Waals surface area contributed by atoms with Crippen molar-refractivity contribution in [3.05, 3.63) is 75.8 Å². The number of fused-ring (bicyclic) bond motifs is 2. The van der Waals surface area contributed by atoms with Gasteiger partial charge in [0.05, 0.1) is 13.0 Å². The Morgan fingerprint density at radius 3 is 2.76 bits per heavy atom. The first-order valence-electron chi connectivity index (χ1n) is 12.3. The van der Waals surface area contributed by atoms with Gasteiger partial charge in [-0.2, -0.15) is 0 Å². The lowest BCUT2D eigenvalue weighted by molar-refractivity contribution is -0.139.